The van der Waals surface area contributed by atoms with Gasteiger partial charge in [0.25, 0.3) is 5.91 Å². The summed E-state index contributed by atoms with van der Waals surface area (Å²) in [5.74, 6) is -0.536. The highest BCUT2D eigenvalue weighted by Crippen LogP contribution is 2.26. The molecule has 0 spiro atoms. The SMILES string of the molecule is COc1ccc(C=C2C(=O)N(C(C)=O)CC(=O)N2Cc2ccc(C(C)(C)C)cc2)cc1. The standard InChI is InChI=1S/C25H28N2O4/c1-17(28)26-16-23(29)27(15-19-6-10-20(11-7-19)25(2,3)4)22(24(26)30)14-18-8-12-21(31-5)13-9-18/h6-14H,15-16H2,1-5H3. The summed E-state index contributed by atoms with van der Waals surface area (Å²) in [6.07, 6.45) is 1.64. The summed E-state index contributed by atoms with van der Waals surface area (Å²) >= 11 is 0. The monoisotopic (exact) mass is 420 g/mol. The number of methoxy groups -OCH3 is 1. The van der Waals surface area contributed by atoms with Gasteiger partial charge in [-0.3, -0.25) is 19.3 Å². The lowest BCUT2D eigenvalue weighted by atomic mass is 9.86. The third-order valence-electron chi connectivity index (χ3n) is 5.31. The molecule has 1 aliphatic heterocycles. The molecule has 2 aromatic rings. The summed E-state index contributed by atoms with van der Waals surface area (Å²) in [5, 5.41) is 0. The molecule has 6 heteroatoms. The van der Waals surface area contributed by atoms with Crippen molar-refractivity contribution >= 4 is 23.8 Å². The summed E-state index contributed by atoms with van der Waals surface area (Å²) in [5.41, 5.74) is 3.03. The fourth-order valence-corrected chi connectivity index (χ4v) is 3.40. The fourth-order valence-electron chi connectivity index (χ4n) is 3.40. The van der Waals surface area contributed by atoms with Crippen molar-refractivity contribution < 1.29 is 19.1 Å². The van der Waals surface area contributed by atoms with E-state index in [-0.39, 0.29) is 30.1 Å². The average molecular weight is 421 g/mol. The molecule has 0 aliphatic carbocycles. The Labute approximate surface area is 183 Å². The minimum absolute atomic E-state index is 0.0247. The Balaban J connectivity index is 1.96. The first kappa shape index (κ1) is 22.3. The van der Waals surface area contributed by atoms with Crippen molar-refractivity contribution in [1.29, 1.82) is 0 Å². The van der Waals surface area contributed by atoms with Crippen molar-refractivity contribution in [3.63, 3.8) is 0 Å². The number of imide groups is 1. The molecule has 0 atom stereocenters. The Kier molecular flexibility index (Phi) is 6.29. The van der Waals surface area contributed by atoms with E-state index in [1.165, 1.54) is 17.4 Å². The molecule has 0 unspecified atom stereocenters. The predicted molar refractivity (Wildman–Crippen MR) is 119 cm³/mol. The highest BCUT2D eigenvalue weighted by Gasteiger charge is 2.36. The third kappa shape index (κ3) is 5.02. The number of carbonyl (C=O) groups is 3. The van der Waals surface area contributed by atoms with Crippen molar-refractivity contribution in [2.45, 2.75) is 39.7 Å². The maximum atomic E-state index is 13.0. The number of benzene rings is 2. The maximum absolute atomic E-state index is 13.0. The van der Waals surface area contributed by atoms with Gasteiger partial charge in [-0.05, 0) is 40.3 Å². The topological polar surface area (TPSA) is 66.9 Å². The molecule has 1 saturated heterocycles. The normalized spacial score (nSPS) is 16.1. The van der Waals surface area contributed by atoms with E-state index in [0.29, 0.717) is 5.75 Å². The Bertz CT molecular complexity index is 1010. The van der Waals surface area contributed by atoms with Crippen LogP contribution < -0.4 is 4.74 Å². The molecule has 162 valence electrons. The van der Waals surface area contributed by atoms with E-state index in [0.717, 1.165) is 16.0 Å². The lowest BCUT2D eigenvalue weighted by molar-refractivity contribution is -0.153. The predicted octanol–water partition coefficient (Wildman–Crippen LogP) is 3.75. The van der Waals surface area contributed by atoms with E-state index in [9.17, 15) is 14.4 Å². The van der Waals surface area contributed by atoms with E-state index < -0.39 is 11.8 Å². The Morgan fingerprint density at radius 1 is 1.03 bits per heavy atom. The smallest absolute Gasteiger partial charge is 0.277 e. The van der Waals surface area contributed by atoms with Gasteiger partial charge in [0.2, 0.25) is 11.8 Å². The summed E-state index contributed by atoms with van der Waals surface area (Å²) in [7, 11) is 1.58. The molecular weight excluding hydrogens is 392 g/mol. The van der Waals surface area contributed by atoms with Crippen molar-refractivity contribution in [2.24, 2.45) is 0 Å². The van der Waals surface area contributed by atoms with Crippen LogP contribution in [-0.4, -0.2) is 41.2 Å². The van der Waals surface area contributed by atoms with Crippen LogP contribution in [0.25, 0.3) is 6.08 Å². The molecular formula is C25H28N2O4. The fraction of sp³-hybridized carbons (Fsp3) is 0.320. The number of nitrogens with zero attached hydrogens (tertiary/aromatic N) is 2. The lowest BCUT2D eigenvalue weighted by Gasteiger charge is -2.34. The summed E-state index contributed by atoms with van der Waals surface area (Å²) in [4.78, 5) is 40.3. The zero-order valence-electron chi connectivity index (χ0n) is 18.6. The maximum Gasteiger partial charge on any atom is 0.277 e. The Morgan fingerprint density at radius 2 is 1.65 bits per heavy atom. The second-order valence-corrected chi connectivity index (χ2v) is 8.64. The number of amides is 3. The minimum atomic E-state index is -0.478. The molecule has 2 aromatic carbocycles. The van der Waals surface area contributed by atoms with Crippen molar-refractivity contribution in [3.05, 3.63) is 70.9 Å². The quantitative estimate of drug-likeness (QED) is 0.707. The molecule has 1 aliphatic rings. The number of hydrogen-bond donors (Lipinski definition) is 0. The van der Waals surface area contributed by atoms with Crippen molar-refractivity contribution in [3.8, 4) is 5.75 Å². The molecule has 0 aromatic heterocycles. The Hall–Kier alpha value is -3.41. The number of hydrogen-bond acceptors (Lipinski definition) is 4. The molecule has 31 heavy (non-hydrogen) atoms. The van der Waals surface area contributed by atoms with Gasteiger partial charge < -0.3 is 9.64 Å². The minimum Gasteiger partial charge on any atom is -0.497 e. The van der Waals surface area contributed by atoms with Gasteiger partial charge in [-0.25, -0.2) is 0 Å². The van der Waals surface area contributed by atoms with E-state index in [1.807, 2.05) is 24.3 Å². The molecule has 1 fully saturated rings. The van der Waals surface area contributed by atoms with Gasteiger partial charge in [0.15, 0.2) is 0 Å². The molecule has 0 bridgehead atoms. The largest absolute Gasteiger partial charge is 0.497 e. The average Bonchev–Trinajstić information content (AvgIpc) is 2.73. The van der Waals surface area contributed by atoms with Crippen LogP contribution in [0.5, 0.6) is 5.75 Å². The van der Waals surface area contributed by atoms with E-state index >= 15 is 0 Å². The van der Waals surface area contributed by atoms with Gasteiger partial charge in [0.05, 0.1) is 13.7 Å². The van der Waals surface area contributed by atoms with Gasteiger partial charge in [0.1, 0.15) is 18.0 Å². The molecule has 1 heterocycles. The van der Waals surface area contributed by atoms with Crippen molar-refractivity contribution in [1.82, 2.24) is 9.80 Å². The van der Waals surface area contributed by atoms with E-state index in [1.54, 1.807) is 37.5 Å². The van der Waals surface area contributed by atoms with E-state index in [4.69, 9.17) is 4.74 Å². The van der Waals surface area contributed by atoms with Gasteiger partial charge in [0, 0.05) is 6.92 Å². The third-order valence-corrected chi connectivity index (χ3v) is 5.31. The number of rotatable bonds is 4. The van der Waals surface area contributed by atoms with Gasteiger partial charge in [-0.15, -0.1) is 0 Å². The van der Waals surface area contributed by atoms with Crippen LogP contribution >= 0.6 is 0 Å². The zero-order valence-corrected chi connectivity index (χ0v) is 18.6. The second-order valence-electron chi connectivity index (χ2n) is 8.64. The summed E-state index contributed by atoms with van der Waals surface area (Å²) < 4.78 is 5.17. The van der Waals surface area contributed by atoms with Gasteiger partial charge in [-0.1, -0.05) is 57.2 Å². The highest BCUT2D eigenvalue weighted by molar-refractivity contribution is 6.12. The van der Waals surface area contributed by atoms with Crippen LogP contribution in [0, 0.1) is 0 Å². The lowest BCUT2D eigenvalue weighted by Crippen LogP contribution is -2.53. The van der Waals surface area contributed by atoms with Crippen LogP contribution in [0.1, 0.15) is 44.4 Å². The van der Waals surface area contributed by atoms with Crippen LogP contribution in [0.2, 0.25) is 0 Å². The summed E-state index contributed by atoms with van der Waals surface area (Å²) in [6, 6.07) is 15.2. The van der Waals surface area contributed by atoms with Crippen LogP contribution in [-0.2, 0) is 26.3 Å². The van der Waals surface area contributed by atoms with Gasteiger partial charge >= 0.3 is 0 Å². The molecule has 3 rings (SSSR count). The highest BCUT2D eigenvalue weighted by atomic mass is 16.5. The van der Waals surface area contributed by atoms with Crippen LogP contribution in [0.4, 0.5) is 0 Å². The zero-order chi connectivity index (χ0) is 22.8. The first-order chi connectivity index (χ1) is 14.6. The molecule has 0 radical (unpaired) electrons. The molecule has 6 nitrogen and oxygen atoms in total. The Morgan fingerprint density at radius 3 is 2.16 bits per heavy atom. The number of carbonyl (C=O) groups excluding carboxylic acids is 3. The molecule has 3 amide bonds. The number of piperazine rings is 1. The number of ether oxygens (including phenoxy) is 1. The van der Waals surface area contributed by atoms with E-state index in [2.05, 4.69) is 20.8 Å². The summed E-state index contributed by atoms with van der Waals surface area (Å²) in [6.45, 7) is 7.70. The van der Waals surface area contributed by atoms with Crippen molar-refractivity contribution in [2.75, 3.05) is 13.7 Å². The van der Waals surface area contributed by atoms with Crippen LogP contribution in [0.3, 0.4) is 0 Å². The van der Waals surface area contributed by atoms with Crippen LogP contribution in [0.15, 0.2) is 54.2 Å². The second kappa shape index (κ2) is 8.76. The first-order valence-corrected chi connectivity index (χ1v) is 10.2. The first-order valence-electron chi connectivity index (χ1n) is 10.2. The van der Waals surface area contributed by atoms with Gasteiger partial charge in [-0.2, -0.15) is 0 Å². The molecule has 0 saturated carbocycles. The molecule has 0 N–H and O–H groups in total.